The van der Waals surface area contributed by atoms with Crippen LogP contribution in [-0.2, 0) is 11.5 Å². The summed E-state index contributed by atoms with van der Waals surface area (Å²) in [6.45, 7) is 3.89. The predicted molar refractivity (Wildman–Crippen MR) is 87.8 cm³/mol. The summed E-state index contributed by atoms with van der Waals surface area (Å²) in [5.74, 6) is 1.54. The monoisotopic (exact) mass is 313 g/mol. The van der Waals surface area contributed by atoms with Crippen molar-refractivity contribution in [1.82, 2.24) is 9.97 Å². The first kappa shape index (κ1) is 14.5. The van der Waals surface area contributed by atoms with Gasteiger partial charge in [0.2, 0.25) is 11.5 Å². The molecule has 0 saturated carbocycles. The second kappa shape index (κ2) is 5.73. The molecule has 112 valence electrons. The zero-order valence-electron chi connectivity index (χ0n) is 12.5. The van der Waals surface area contributed by atoms with Crippen LogP contribution in [0.5, 0.6) is 5.75 Å². The van der Waals surface area contributed by atoms with Gasteiger partial charge in [-0.1, -0.05) is 12.1 Å². The minimum absolute atomic E-state index is 0.225. The molecule has 0 bridgehead atoms. The molecule has 0 amide bonds. The summed E-state index contributed by atoms with van der Waals surface area (Å²) in [6.07, 6.45) is 0. The normalized spacial score (nSPS) is 10.7. The van der Waals surface area contributed by atoms with Crippen molar-refractivity contribution >= 4 is 28.2 Å². The van der Waals surface area contributed by atoms with E-state index in [9.17, 15) is 4.21 Å². The lowest BCUT2D eigenvalue weighted by Crippen LogP contribution is -1.88. The standard InChI is InChI=1S/C16H15N3O2S/c1-9-4-6-12(10(2)15(9)19-22-20)16-17-13-7-5-11(21-3)8-14(13)18-16/h4-8H,1-3H3,(H,17,18). The van der Waals surface area contributed by atoms with E-state index in [2.05, 4.69) is 14.3 Å². The van der Waals surface area contributed by atoms with Crippen molar-refractivity contribution in [1.29, 1.82) is 0 Å². The molecule has 0 radical (unpaired) electrons. The third kappa shape index (κ3) is 2.42. The summed E-state index contributed by atoms with van der Waals surface area (Å²) in [5.41, 5.74) is 5.35. The zero-order valence-corrected chi connectivity index (χ0v) is 13.3. The highest BCUT2D eigenvalue weighted by atomic mass is 32.1. The Morgan fingerprint density at radius 1 is 1.23 bits per heavy atom. The minimum Gasteiger partial charge on any atom is -0.497 e. The van der Waals surface area contributed by atoms with Gasteiger partial charge >= 0.3 is 0 Å². The highest BCUT2D eigenvalue weighted by molar-refractivity contribution is 7.54. The Labute approximate surface area is 131 Å². The molecule has 22 heavy (non-hydrogen) atoms. The smallest absolute Gasteiger partial charge is 0.205 e. The Morgan fingerprint density at radius 2 is 2.05 bits per heavy atom. The van der Waals surface area contributed by atoms with Crippen molar-refractivity contribution in [3.8, 4) is 17.1 Å². The van der Waals surface area contributed by atoms with E-state index in [1.807, 2.05) is 44.2 Å². The number of ether oxygens (including phenoxy) is 1. The number of hydrogen-bond donors (Lipinski definition) is 1. The number of aromatic amines is 1. The lowest BCUT2D eigenvalue weighted by Gasteiger charge is -2.07. The lowest BCUT2D eigenvalue weighted by molar-refractivity contribution is 0.415. The molecule has 0 fully saturated rings. The van der Waals surface area contributed by atoms with E-state index in [0.717, 1.165) is 45.0 Å². The number of aryl methyl sites for hydroxylation is 1. The van der Waals surface area contributed by atoms with Crippen LogP contribution in [0.4, 0.5) is 5.69 Å². The van der Waals surface area contributed by atoms with Crippen LogP contribution >= 0.6 is 0 Å². The molecule has 0 aliphatic rings. The van der Waals surface area contributed by atoms with E-state index >= 15 is 0 Å². The number of H-pyrrole nitrogens is 1. The molecule has 3 aromatic rings. The van der Waals surface area contributed by atoms with Crippen molar-refractivity contribution in [2.45, 2.75) is 13.8 Å². The van der Waals surface area contributed by atoms with Crippen molar-refractivity contribution in [3.63, 3.8) is 0 Å². The van der Waals surface area contributed by atoms with Gasteiger partial charge in [-0.2, -0.15) is 8.57 Å². The van der Waals surface area contributed by atoms with Crippen LogP contribution in [0, 0.1) is 13.8 Å². The molecule has 1 heterocycles. The van der Waals surface area contributed by atoms with Crippen LogP contribution in [0.3, 0.4) is 0 Å². The SMILES string of the molecule is COc1ccc2nc(-c3ccc(C)c(N=S=O)c3C)[nH]c2c1. The van der Waals surface area contributed by atoms with E-state index in [1.54, 1.807) is 7.11 Å². The second-order valence-electron chi connectivity index (χ2n) is 5.04. The lowest BCUT2D eigenvalue weighted by atomic mass is 10.0. The van der Waals surface area contributed by atoms with Gasteiger partial charge in [0.05, 0.1) is 23.8 Å². The Kier molecular flexibility index (Phi) is 3.77. The highest BCUT2D eigenvalue weighted by Crippen LogP contribution is 2.33. The molecular formula is C16H15N3O2S. The Balaban J connectivity index is 2.19. The van der Waals surface area contributed by atoms with Gasteiger partial charge in [0, 0.05) is 11.6 Å². The van der Waals surface area contributed by atoms with Gasteiger partial charge in [0.15, 0.2) is 0 Å². The average molecular weight is 313 g/mol. The van der Waals surface area contributed by atoms with Gasteiger partial charge < -0.3 is 9.72 Å². The van der Waals surface area contributed by atoms with Crippen LogP contribution in [0.15, 0.2) is 34.7 Å². The molecule has 5 nitrogen and oxygen atoms in total. The van der Waals surface area contributed by atoms with Crippen LogP contribution < -0.4 is 4.74 Å². The minimum atomic E-state index is 0.225. The fraction of sp³-hybridized carbons (Fsp3) is 0.188. The Morgan fingerprint density at radius 3 is 2.77 bits per heavy atom. The molecular weight excluding hydrogens is 298 g/mol. The molecule has 1 N–H and O–H groups in total. The number of imidazole rings is 1. The van der Waals surface area contributed by atoms with Crippen LogP contribution in [-0.4, -0.2) is 21.3 Å². The van der Waals surface area contributed by atoms with Crippen molar-refractivity contribution < 1.29 is 8.95 Å². The summed E-state index contributed by atoms with van der Waals surface area (Å²) < 4.78 is 20.0. The van der Waals surface area contributed by atoms with Gasteiger partial charge in [-0.3, -0.25) is 0 Å². The van der Waals surface area contributed by atoms with Crippen molar-refractivity contribution in [3.05, 3.63) is 41.5 Å². The number of benzene rings is 2. The van der Waals surface area contributed by atoms with Gasteiger partial charge in [-0.15, -0.1) is 0 Å². The maximum atomic E-state index is 10.8. The van der Waals surface area contributed by atoms with E-state index < -0.39 is 0 Å². The van der Waals surface area contributed by atoms with Gasteiger partial charge in [-0.25, -0.2) is 4.98 Å². The molecule has 0 aliphatic carbocycles. The number of hydrogen-bond acceptors (Lipinski definition) is 4. The largest absolute Gasteiger partial charge is 0.497 e. The molecule has 6 heteroatoms. The predicted octanol–water partition coefficient (Wildman–Crippen LogP) is 3.88. The number of rotatable bonds is 3. The first-order valence-electron chi connectivity index (χ1n) is 6.78. The van der Waals surface area contributed by atoms with Crippen LogP contribution in [0.1, 0.15) is 11.1 Å². The molecule has 0 saturated heterocycles. The highest BCUT2D eigenvalue weighted by Gasteiger charge is 2.12. The van der Waals surface area contributed by atoms with Crippen molar-refractivity contribution in [2.75, 3.05) is 7.11 Å². The van der Waals surface area contributed by atoms with E-state index in [1.165, 1.54) is 0 Å². The topological polar surface area (TPSA) is 67.3 Å². The average Bonchev–Trinajstić information content (AvgIpc) is 2.93. The fourth-order valence-corrected chi connectivity index (χ4v) is 2.87. The Bertz CT molecular complexity index is 911. The summed E-state index contributed by atoms with van der Waals surface area (Å²) >= 11 is 0.225. The maximum absolute atomic E-state index is 10.8. The molecule has 0 spiro atoms. The molecule has 0 atom stereocenters. The fourth-order valence-electron chi connectivity index (χ4n) is 2.51. The number of nitrogens with zero attached hydrogens (tertiary/aromatic N) is 2. The molecule has 0 unspecified atom stereocenters. The van der Waals surface area contributed by atoms with Crippen LogP contribution in [0.2, 0.25) is 0 Å². The second-order valence-corrected chi connectivity index (χ2v) is 5.37. The zero-order chi connectivity index (χ0) is 15.7. The number of fused-ring (bicyclic) bond motifs is 1. The Hall–Kier alpha value is -2.47. The number of nitrogens with one attached hydrogen (secondary N) is 1. The number of methoxy groups -OCH3 is 1. The molecule has 2 aromatic carbocycles. The molecule has 3 rings (SSSR count). The van der Waals surface area contributed by atoms with Gasteiger partial charge in [-0.05, 0) is 37.1 Å². The summed E-state index contributed by atoms with van der Waals surface area (Å²) in [6, 6.07) is 9.65. The first-order valence-corrected chi connectivity index (χ1v) is 7.48. The quantitative estimate of drug-likeness (QED) is 0.798. The van der Waals surface area contributed by atoms with Gasteiger partial charge in [0.1, 0.15) is 11.6 Å². The van der Waals surface area contributed by atoms with E-state index in [0.29, 0.717) is 0 Å². The van der Waals surface area contributed by atoms with Gasteiger partial charge in [0.25, 0.3) is 0 Å². The van der Waals surface area contributed by atoms with Crippen molar-refractivity contribution in [2.24, 2.45) is 4.36 Å². The summed E-state index contributed by atoms with van der Waals surface area (Å²) in [4.78, 5) is 7.91. The van der Waals surface area contributed by atoms with E-state index in [4.69, 9.17) is 4.74 Å². The number of aromatic nitrogens is 2. The third-order valence-corrected chi connectivity index (χ3v) is 3.96. The summed E-state index contributed by atoms with van der Waals surface area (Å²) in [7, 11) is 1.64. The first-order chi connectivity index (χ1) is 10.6. The maximum Gasteiger partial charge on any atom is 0.205 e. The third-order valence-electron chi connectivity index (χ3n) is 3.71. The summed E-state index contributed by atoms with van der Waals surface area (Å²) in [5, 5.41) is 0. The molecule has 0 aliphatic heterocycles. The molecule has 1 aromatic heterocycles. The van der Waals surface area contributed by atoms with E-state index in [-0.39, 0.29) is 11.5 Å². The van der Waals surface area contributed by atoms with Crippen LogP contribution in [0.25, 0.3) is 22.4 Å².